The number of carbonyl (C=O) groups excluding carboxylic acids is 1. The second kappa shape index (κ2) is 9.13. The molecule has 2 aromatic rings. The van der Waals surface area contributed by atoms with Crippen LogP contribution in [0.25, 0.3) is 0 Å². The van der Waals surface area contributed by atoms with Gasteiger partial charge in [0.05, 0.1) is 6.61 Å². The molecule has 4 heteroatoms. The summed E-state index contributed by atoms with van der Waals surface area (Å²) in [4.78, 5) is 12.0. The van der Waals surface area contributed by atoms with Crippen LogP contribution in [0.15, 0.2) is 48.5 Å². The van der Waals surface area contributed by atoms with Crippen molar-refractivity contribution in [3.05, 3.63) is 59.7 Å². The third-order valence-corrected chi connectivity index (χ3v) is 4.60. The van der Waals surface area contributed by atoms with Gasteiger partial charge < -0.3 is 15.4 Å². The Bertz CT molecular complexity index is 751. The number of benzene rings is 2. The van der Waals surface area contributed by atoms with E-state index < -0.39 is 0 Å². The van der Waals surface area contributed by atoms with Crippen LogP contribution in [0.4, 0.5) is 10.5 Å². The van der Waals surface area contributed by atoms with E-state index >= 15 is 0 Å². The Morgan fingerprint density at radius 2 is 1.32 bits per heavy atom. The molecule has 152 valence electrons. The number of ether oxygens (including phenoxy) is 1. The Morgan fingerprint density at radius 1 is 0.821 bits per heavy atom. The van der Waals surface area contributed by atoms with Crippen molar-refractivity contribution in [2.24, 2.45) is 0 Å². The van der Waals surface area contributed by atoms with Crippen molar-refractivity contribution in [1.82, 2.24) is 5.32 Å². The summed E-state index contributed by atoms with van der Waals surface area (Å²) in [7, 11) is 0. The maximum atomic E-state index is 12.0. The second-order valence-electron chi connectivity index (χ2n) is 9.18. The van der Waals surface area contributed by atoms with Crippen LogP contribution in [-0.4, -0.2) is 19.2 Å². The molecule has 2 amide bonds. The highest BCUT2D eigenvalue weighted by Crippen LogP contribution is 2.24. The van der Waals surface area contributed by atoms with Crippen LogP contribution < -0.4 is 15.4 Å². The van der Waals surface area contributed by atoms with Gasteiger partial charge in [-0.2, -0.15) is 0 Å². The number of hydrogen-bond acceptors (Lipinski definition) is 2. The van der Waals surface area contributed by atoms with E-state index in [2.05, 4.69) is 64.3 Å². The van der Waals surface area contributed by atoms with Gasteiger partial charge >= 0.3 is 6.03 Å². The van der Waals surface area contributed by atoms with Crippen molar-refractivity contribution < 1.29 is 9.53 Å². The van der Waals surface area contributed by atoms with E-state index in [0.29, 0.717) is 13.2 Å². The first-order chi connectivity index (χ1) is 13.1. The standard InChI is InChI=1S/C24H34N2O2/c1-23(2,3)18-8-12-20(13-9-18)26-22(27)25-16-7-17-28-21-14-10-19(11-15-21)24(4,5)6/h8-15H,7,16-17H2,1-6H3,(H2,25,26,27). The van der Waals surface area contributed by atoms with E-state index in [0.717, 1.165) is 17.9 Å². The maximum absolute atomic E-state index is 12.0. The van der Waals surface area contributed by atoms with Crippen molar-refractivity contribution in [1.29, 1.82) is 0 Å². The van der Waals surface area contributed by atoms with Crippen molar-refractivity contribution in [3.63, 3.8) is 0 Å². The number of anilines is 1. The molecule has 2 N–H and O–H groups in total. The average Bonchev–Trinajstić information content (AvgIpc) is 2.61. The SMILES string of the molecule is CC(C)(C)c1ccc(NC(=O)NCCCOc2ccc(C(C)(C)C)cc2)cc1. The van der Waals surface area contributed by atoms with Gasteiger partial charge in [-0.25, -0.2) is 4.79 Å². The average molecular weight is 383 g/mol. The predicted octanol–water partition coefficient (Wildman–Crippen LogP) is 5.87. The van der Waals surface area contributed by atoms with Gasteiger partial charge in [0.1, 0.15) is 5.75 Å². The minimum atomic E-state index is -0.196. The van der Waals surface area contributed by atoms with E-state index in [-0.39, 0.29) is 16.9 Å². The number of rotatable bonds is 6. The minimum absolute atomic E-state index is 0.105. The van der Waals surface area contributed by atoms with Crippen LogP contribution in [0.1, 0.15) is 59.1 Å². The van der Waals surface area contributed by atoms with E-state index in [1.165, 1.54) is 11.1 Å². The van der Waals surface area contributed by atoms with Gasteiger partial charge in [-0.3, -0.25) is 0 Å². The fraction of sp³-hybridized carbons (Fsp3) is 0.458. The molecular weight excluding hydrogens is 348 g/mol. The molecule has 0 fully saturated rings. The normalized spacial score (nSPS) is 11.8. The molecule has 0 aliphatic rings. The van der Waals surface area contributed by atoms with Gasteiger partial charge in [0, 0.05) is 12.2 Å². The summed E-state index contributed by atoms with van der Waals surface area (Å²) in [6.45, 7) is 14.2. The zero-order valence-electron chi connectivity index (χ0n) is 18.1. The summed E-state index contributed by atoms with van der Waals surface area (Å²) >= 11 is 0. The summed E-state index contributed by atoms with van der Waals surface area (Å²) in [6.07, 6.45) is 0.747. The molecule has 0 unspecified atom stereocenters. The first kappa shape index (κ1) is 21.8. The molecule has 2 aromatic carbocycles. The number of carbonyl (C=O) groups is 1. The monoisotopic (exact) mass is 382 g/mol. The lowest BCUT2D eigenvalue weighted by Gasteiger charge is -2.19. The summed E-state index contributed by atoms with van der Waals surface area (Å²) in [6, 6.07) is 16.0. The Balaban J connectivity index is 1.67. The van der Waals surface area contributed by atoms with Crippen molar-refractivity contribution in [2.75, 3.05) is 18.5 Å². The number of hydrogen-bond donors (Lipinski definition) is 2. The molecule has 0 radical (unpaired) electrons. The molecule has 0 atom stereocenters. The van der Waals surface area contributed by atoms with Gasteiger partial charge in [-0.1, -0.05) is 65.8 Å². The van der Waals surface area contributed by atoms with E-state index in [1.807, 2.05) is 36.4 Å². The molecule has 0 aliphatic carbocycles. The predicted molar refractivity (Wildman–Crippen MR) is 117 cm³/mol. The molecule has 2 rings (SSSR count). The fourth-order valence-electron chi connectivity index (χ4n) is 2.74. The van der Waals surface area contributed by atoms with Crippen LogP contribution in [0.3, 0.4) is 0 Å². The molecule has 28 heavy (non-hydrogen) atoms. The Kier molecular flexibility index (Phi) is 7.11. The maximum Gasteiger partial charge on any atom is 0.319 e. The smallest absolute Gasteiger partial charge is 0.319 e. The van der Waals surface area contributed by atoms with Crippen LogP contribution in [0.2, 0.25) is 0 Å². The number of nitrogens with one attached hydrogen (secondary N) is 2. The van der Waals surface area contributed by atoms with Crippen LogP contribution in [0, 0.1) is 0 Å². The third kappa shape index (κ3) is 6.91. The first-order valence-corrected chi connectivity index (χ1v) is 9.94. The largest absolute Gasteiger partial charge is 0.494 e. The molecule has 0 saturated carbocycles. The van der Waals surface area contributed by atoms with Gasteiger partial charge in [0.15, 0.2) is 0 Å². The lowest BCUT2D eigenvalue weighted by atomic mass is 9.87. The zero-order chi connectivity index (χ0) is 20.8. The Labute approximate surface area is 169 Å². The molecule has 0 saturated heterocycles. The van der Waals surface area contributed by atoms with Crippen LogP contribution >= 0.6 is 0 Å². The van der Waals surface area contributed by atoms with Crippen molar-refractivity contribution in [2.45, 2.75) is 58.8 Å². The zero-order valence-corrected chi connectivity index (χ0v) is 18.1. The quantitative estimate of drug-likeness (QED) is 0.614. The first-order valence-electron chi connectivity index (χ1n) is 9.94. The molecule has 0 spiro atoms. The van der Waals surface area contributed by atoms with Crippen molar-refractivity contribution >= 4 is 11.7 Å². The third-order valence-electron chi connectivity index (χ3n) is 4.60. The van der Waals surface area contributed by atoms with Crippen molar-refractivity contribution in [3.8, 4) is 5.75 Å². The Morgan fingerprint density at radius 3 is 1.82 bits per heavy atom. The fourth-order valence-corrected chi connectivity index (χ4v) is 2.74. The number of amides is 2. The molecule has 0 heterocycles. The van der Waals surface area contributed by atoms with E-state index in [4.69, 9.17) is 4.74 Å². The van der Waals surface area contributed by atoms with Gasteiger partial charge in [0.2, 0.25) is 0 Å². The van der Waals surface area contributed by atoms with E-state index in [1.54, 1.807) is 0 Å². The highest BCUT2D eigenvalue weighted by atomic mass is 16.5. The number of urea groups is 1. The summed E-state index contributed by atoms with van der Waals surface area (Å²) < 4.78 is 5.75. The minimum Gasteiger partial charge on any atom is -0.494 e. The topological polar surface area (TPSA) is 50.4 Å². The van der Waals surface area contributed by atoms with Gasteiger partial charge in [-0.05, 0) is 52.6 Å². The summed E-state index contributed by atoms with van der Waals surface area (Å²) in [5.74, 6) is 0.858. The lowest BCUT2D eigenvalue weighted by Crippen LogP contribution is -2.30. The molecule has 0 aliphatic heterocycles. The molecule has 4 nitrogen and oxygen atoms in total. The summed E-state index contributed by atoms with van der Waals surface area (Å²) in [5.41, 5.74) is 3.57. The highest BCUT2D eigenvalue weighted by molar-refractivity contribution is 5.89. The molecule has 0 aromatic heterocycles. The second-order valence-corrected chi connectivity index (χ2v) is 9.18. The van der Waals surface area contributed by atoms with Gasteiger partial charge in [-0.15, -0.1) is 0 Å². The molecule has 0 bridgehead atoms. The molecular formula is C24H34N2O2. The summed E-state index contributed by atoms with van der Waals surface area (Å²) in [5, 5.41) is 5.72. The van der Waals surface area contributed by atoms with Gasteiger partial charge in [0.25, 0.3) is 0 Å². The van der Waals surface area contributed by atoms with Crippen LogP contribution in [0.5, 0.6) is 5.75 Å². The van der Waals surface area contributed by atoms with E-state index in [9.17, 15) is 4.79 Å². The van der Waals surface area contributed by atoms with Crippen LogP contribution in [-0.2, 0) is 10.8 Å². The highest BCUT2D eigenvalue weighted by Gasteiger charge is 2.14. The Hall–Kier alpha value is -2.49. The lowest BCUT2D eigenvalue weighted by molar-refractivity contribution is 0.250.